The second-order valence-electron chi connectivity index (χ2n) is 4.78. The van der Waals surface area contributed by atoms with E-state index < -0.39 is 5.82 Å². The van der Waals surface area contributed by atoms with Crippen LogP contribution in [0.4, 0.5) is 4.39 Å². The maximum atomic E-state index is 13.8. The third kappa shape index (κ3) is 3.35. The molecule has 1 aromatic carbocycles. The highest BCUT2D eigenvalue weighted by Gasteiger charge is 2.26. The van der Waals surface area contributed by atoms with Gasteiger partial charge < -0.3 is 9.84 Å². The van der Waals surface area contributed by atoms with Gasteiger partial charge in [0.1, 0.15) is 5.82 Å². The van der Waals surface area contributed by atoms with E-state index in [1.54, 1.807) is 0 Å². The van der Waals surface area contributed by atoms with E-state index >= 15 is 0 Å². The average molecular weight is 333 g/mol. The molecule has 2 aromatic rings. The number of likely N-dealkylation sites (N-methyl/N-ethyl adjacent to an activating group) is 1. The molecular formula is C13H15Cl2FN4O. The lowest BCUT2D eigenvalue weighted by atomic mass is 10.2. The third-order valence-corrected chi connectivity index (χ3v) is 3.64. The van der Waals surface area contributed by atoms with E-state index in [-0.39, 0.29) is 29.9 Å². The first-order valence-corrected chi connectivity index (χ1v) is 6.73. The Labute approximate surface area is 132 Å². The van der Waals surface area contributed by atoms with E-state index in [4.69, 9.17) is 16.1 Å². The van der Waals surface area contributed by atoms with Crippen molar-refractivity contribution in [2.45, 2.75) is 6.04 Å². The van der Waals surface area contributed by atoms with Gasteiger partial charge in [-0.2, -0.15) is 4.98 Å². The summed E-state index contributed by atoms with van der Waals surface area (Å²) in [7, 11) is 2.00. The first kappa shape index (κ1) is 16.2. The number of rotatable bonds is 2. The van der Waals surface area contributed by atoms with E-state index in [0.717, 1.165) is 19.6 Å². The summed E-state index contributed by atoms with van der Waals surface area (Å²) < 4.78 is 18.9. The molecule has 1 aliphatic heterocycles. The Hall–Kier alpha value is -1.21. The quantitative estimate of drug-likeness (QED) is 0.915. The number of hydrogen-bond donors (Lipinski definition) is 1. The van der Waals surface area contributed by atoms with Crippen molar-refractivity contribution in [1.82, 2.24) is 20.4 Å². The number of hydrogen-bond acceptors (Lipinski definition) is 5. The summed E-state index contributed by atoms with van der Waals surface area (Å²) in [4.78, 5) is 6.44. The molecule has 5 nitrogen and oxygen atoms in total. The fourth-order valence-corrected chi connectivity index (χ4v) is 2.41. The maximum Gasteiger partial charge on any atom is 0.261 e. The molecule has 3 rings (SSSR count). The molecule has 114 valence electrons. The first-order valence-electron chi connectivity index (χ1n) is 6.35. The van der Waals surface area contributed by atoms with Crippen LogP contribution in [-0.2, 0) is 0 Å². The van der Waals surface area contributed by atoms with Crippen LogP contribution in [0.5, 0.6) is 0 Å². The van der Waals surface area contributed by atoms with Crippen molar-refractivity contribution < 1.29 is 8.91 Å². The van der Waals surface area contributed by atoms with Crippen molar-refractivity contribution in [3.8, 4) is 11.5 Å². The normalized spacial score (nSPS) is 19.3. The molecule has 1 atom stereocenters. The van der Waals surface area contributed by atoms with Crippen molar-refractivity contribution in [2.24, 2.45) is 0 Å². The summed E-state index contributed by atoms with van der Waals surface area (Å²) >= 11 is 5.87. The Morgan fingerprint density at radius 1 is 1.48 bits per heavy atom. The van der Waals surface area contributed by atoms with Gasteiger partial charge in [0.15, 0.2) is 5.82 Å². The maximum absolute atomic E-state index is 13.8. The lowest BCUT2D eigenvalue weighted by molar-refractivity contribution is 0.190. The Morgan fingerprint density at radius 3 is 3.05 bits per heavy atom. The van der Waals surface area contributed by atoms with Crippen LogP contribution in [0.2, 0.25) is 5.02 Å². The fourth-order valence-electron chi connectivity index (χ4n) is 2.24. The zero-order valence-corrected chi connectivity index (χ0v) is 12.9. The smallest absolute Gasteiger partial charge is 0.261 e. The number of aromatic nitrogens is 2. The van der Waals surface area contributed by atoms with Gasteiger partial charge >= 0.3 is 0 Å². The SMILES string of the molecule is CN1CCNCC1c1noc(-c2cc(Cl)ccc2F)n1.Cl. The topological polar surface area (TPSA) is 54.2 Å². The summed E-state index contributed by atoms with van der Waals surface area (Å²) in [5.74, 6) is 0.271. The summed E-state index contributed by atoms with van der Waals surface area (Å²) in [6.45, 7) is 2.58. The minimum atomic E-state index is -0.431. The zero-order chi connectivity index (χ0) is 14.1. The second kappa shape index (κ2) is 6.70. The molecule has 0 bridgehead atoms. The van der Waals surface area contributed by atoms with Gasteiger partial charge in [0, 0.05) is 24.7 Å². The van der Waals surface area contributed by atoms with Crippen molar-refractivity contribution >= 4 is 24.0 Å². The molecule has 0 aliphatic carbocycles. The number of piperazine rings is 1. The van der Waals surface area contributed by atoms with Crippen LogP contribution in [0.25, 0.3) is 11.5 Å². The predicted molar refractivity (Wildman–Crippen MR) is 80.2 cm³/mol. The van der Waals surface area contributed by atoms with Crippen LogP contribution in [0.3, 0.4) is 0 Å². The van der Waals surface area contributed by atoms with E-state index in [1.807, 2.05) is 7.05 Å². The van der Waals surface area contributed by atoms with Crippen LogP contribution in [0.15, 0.2) is 22.7 Å². The van der Waals surface area contributed by atoms with Gasteiger partial charge in [0.25, 0.3) is 5.89 Å². The minimum absolute atomic E-state index is 0. The number of halogens is 3. The van der Waals surface area contributed by atoms with Crippen LogP contribution < -0.4 is 5.32 Å². The number of nitrogens with one attached hydrogen (secondary N) is 1. The van der Waals surface area contributed by atoms with Crippen LogP contribution in [-0.4, -0.2) is 41.7 Å². The molecule has 0 radical (unpaired) electrons. The summed E-state index contributed by atoms with van der Waals surface area (Å²) in [6.07, 6.45) is 0. The van der Waals surface area contributed by atoms with Crippen molar-refractivity contribution in [3.05, 3.63) is 34.9 Å². The molecule has 1 saturated heterocycles. The molecule has 1 aliphatic rings. The molecule has 21 heavy (non-hydrogen) atoms. The van der Waals surface area contributed by atoms with Gasteiger partial charge in [-0.25, -0.2) is 4.39 Å². The zero-order valence-electron chi connectivity index (χ0n) is 11.3. The van der Waals surface area contributed by atoms with E-state index in [9.17, 15) is 4.39 Å². The van der Waals surface area contributed by atoms with Crippen LogP contribution in [0, 0.1) is 5.82 Å². The molecular weight excluding hydrogens is 318 g/mol. The van der Waals surface area contributed by atoms with Gasteiger partial charge in [0.05, 0.1) is 11.6 Å². The lowest BCUT2D eigenvalue weighted by Gasteiger charge is -2.30. The standard InChI is InChI=1S/C13H14ClFN4O.ClH/c1-19-5-4-16-7-11(19)12-17-13(20-18-12)9-6-8(14)2-3-10(9)15;/h2-3,6,11,16H,4-5,7H2,1H3;1H. The van der Waals surface area contributed by atoms with Crippen LogP contribution >= 0.6 is 24.0 Å². The Bertz CT molecular complexity index is 622. The van der Waals surface area contributed by atoms with Crippen molar-refractivity contribution in [3.63, 3.8) is 0 Å². The molecule has 1 unspecified atom stereocenters. The Morgan fingerprint density at radius 2 is 2.29 bits per heavy atom. The van der Waals surface area contributed by atoms with Gasteiger partial charge in [-0.05, 0) is 25.2 Å². The molecule has 1 fully saturated rings. The summed E-state index contributed by atoms with van der Waals surface area (Å²) in [5, 5.41) is 7.66. The fraction of sp³-hybridized carbons (Fsp3) is 0.385. The second-order valence-corrected chi connectivity index (χ2v) is 5.22. The highest BCUT2D eigenvalue weighted by Crippen LogP contribution is 2.26. The molecule has 1 aromatic heterocycles. The average Bonchev–Trinajstić information content (AvgIpc) is 2.91. The minimum Gasteiger partial charge on any atom is -0.334 e. The largest absolute Gasteiger partial charge is 0.334 e. The van der Waals surface area contributed by atoms with Gasteiger partial charge in [-0.15, -0.1) is 12.4 Å². The molecule has 0 amide bonds. The highest BCUT2D eigenvalue weighted by molar-refractivity contribution is 6.30. The Balaban J connectivity index is 0.00000161. The van der Waals surface area contributed by atoms with E-state index in [0.29, 0.717) is 10.8 Å². The lowest BCUT2D eigenvalue weighted by Crippen LogP contribution is -2.44. The van der Waals surface area contributed by atoms with Crippen molar-refractivity contribution in [1.29, 1.82) is 0 Å². The van der Waals surface area contributed by atoms with Crippen molar-refractivity contribution in [2.75, 3.05) is 26.7 Å². The van der Waals surface area contributed by atoms with E-state index in [2.05, 4.69) is 20.4 Å². The van der Waals surface area contributed by atoms with E-state index in [1.165, 1.54) is 18.2 Å². The third-order valence-electron chi connectivity index (χ3n) is 3.41. The number of benzene rings is 1. The highest BCUT2D eigenvalue weighted by atomic mass is 35.5. The molecule has 0 spiro atoms. The molecule has 0 saturated carbocycles. The number of nitrogens with zero attached hydrogens (tertiary/aromatic N) is 3. The molecule has 1 N–H and O–H groups in total. The van der Waals surface area contributed by atoms with Gasteiger partial charge in [0.2, 0.25) is 0 Å². The summed E-state index contributed by atoms with van der Waals surface area (Å²) in [5.41, 5.74) is 0.225. The first-order chi connectivity index (χ1) is 9.65. The molecule has 8 heteroatoms. The summed E-state index contributed by atoms with van der Waals surface area (Å²) in [6, 6.07) is 4.28. The van der Waals surface area contributed by atoms with Crippen LogP contribution in [0.1, 0.15) is 11.9 Å². The molecule has 2 heterocycles. The monoisotopic (exact) mass is 332 g/mol. The van der Waals surface area contributed by atoms with Gasteiger partial charge in [-0.3, -0.25) is 4.90 Å². The Kier molecular flexibility index (Phi) is 5.16. The predicted octanol–water partition coefficient (Wildman–Crippen LogP) is 2.53. The van der Waals surface area contributed by atoms with Gasteiger partial charge in [-0.1, -0.05) is 16.8 Å².